The van der Waals surface area contributed by atoms with E-state index in [1.807, 2.05) is 6.92 Å². The third kappa shape index (κ3) is 1.12. The maximum absolute atomic E-state index is 11.6. The van der Waals surface area contributed by atoms with Crippen LogP contribution in [0.5, 0.6) is 0 Å². The Morgan fingerprint density at radius 3 is 2.92 bits per heavy atom. The molecule has 1 heteroatoms. The molecule has 0 heterocycles. The molecule has 2 bridgehead atoms. The highest BCUT2D eigenvalue weighted by atomic mass is 16.1. The second kappa shape index (κ2) is 3.04. The minimum atomic E-state index is 0.389. The van der Waals surface area contributed by atoms with Gasteiger partial charge in [-0.25, -0.2) is 0 Å². The molecule has 0 aromatic rings. The zero-order valence-electron chi connectivity index (χ0n) is 7.62. The average Bonchev–Trinajstić information content (AvgIpc) is 2.62. The van der Waals surface area contributed by atoms with Gasteiger partial charge < -0.3 is 0 Å². The van der Waals surface area contributed by atoms with E-state index in [1.54, 1.807) is 0 Å². The van der Waals surface area contributed by atoms with E-state index in [-0.39, 0.29) is 0 Å². The summed E-state index contributed by atoms with van der Waals surface area (Å²) < 4.78 is 0. The van der Waals surface area contributed by atoms with Gasteiger partial charge in [0.2, 0.25) is 0 Å². The first-order valence-electron chi connectivity index (χ1n) is 4.97. The molecular weight excluding hydrogens is 148 g/mol. The number of fused-ring (bicyclic) bond motifs is 2. The van der Waals surface area contributed by atoms with Crippen LogP contribution in [0.25, 0.3) is 0 Å². The Hall–Kier alpha value is -0.590. The number of hydrogen-bond donors (Lipinski definition) is 0. The van der Waals surface area contributed by atoms with Gasteiger partial charge in [-0.1, -0.05) is 12.2 Å². The SMILES string of the molecule is C/C=C/CC1C(=O)C2CCC1C2. The molecule has 0 amide bonds. The fraction of sp³-hybridized carbons (Fsp3) is 0.727. The van der Waals surface area contributed by atoms with Crippen molar-refractivity contribution in [3.05, 3.63) is 12.2 Å². The van der Waals surface area contributed by atoms with Crippen LogP contribution >= 0.6 is 0 Å². The van der Waals surface area contributed by atoms with Crippen LogP contribution in [-0.2, 0) is 4.79 Å². The van der Waals surface area contributed by atoms with E-state index in [9.17, 15) is 4.79 Å². The highest BCUT2D eigenvalue weighted by Gasteiger charge is 2.45. The van der Waals surface area contributed by atoms with Gasteiger partial charge in [0, 0.05) is 11.8 Å². The molecule has 12 heavy (non-hydrogen) atoms. The minimum Gasteiger partial charge on any atom is -0.299 e. The summed E-state index contributed by atoms with van der Waals surface area (Å²) in [4.78, 5) is 11.6. The normalized spacial score (nSPS) is 40.1. The minimum absolute atomic E-state index is 0.389. The summed E-state index contributed by atoms with van der Waals surface area (Å²) in [5.41, 5.74) is 0. The zero-order valence-corrected chi connectivity index (χ0v) is 7.62. The van der Waals surface area contributed by atoms with E-state index in [0.717, 1.165) is 12.3 Å². The lowest BCUT2D eigenvalue weighted by atomic mass is 9.85. The van der Waals surface area contributed by atoms with Crippen molar-refractivity contribution in [1.82, 2.24) is 0 Å². The first-order valence-corrected chi connectivity index (χ1v) is 4.97. The molecule has 1 nitrogen and oxygen atoms in total. The summed E-state index contributed by atoms with van der Waals surface area (Å²) in [6.07, 6.45) is 8.87. The van der Waals surface area contributed by atoms with E-state index < -0.39 is 0 Å². The maximum atomic E-state index is 11.6. The molecule has 0 aromatic carbocycles. The summed E-state index contributed by atoms with van der Waals surface area (Å²) in [5.74, 6) is 2.13. The lowest BCUT2D eigenvalue weighted by Crippen LogP contribution is -2.21. The quantitative estimate of drug-likeness (QED) is 0.573. The topological polar surface area (TPSA) is 17.1 Å². The van der Waals surface area contributed by atoms with E-state index in [4.69, 9.17) is 0 Å². The number of allylic oxidation sites excluding steroid dienone is 2. The molecule has 2 rings (SSSR count). The van der Waals surface area contributed by atoms with Gasteiger partial charge in [-0.3, -0.25) is 4.79 Å². The van der Waals surface area contributed by atoms with Crippen LogP contribution < -0.4 is 0 Å². The molecule has 0 N–H and O–H groups in total. The van der Waals surface area contributed by atoms with Crippen molar-refractivity contribution in [2.24, 2.45) is 17.8 Å². The van der Waals surface area contributed by atoms with Gasteiger partial charge in [0.15, 0.2) is 0 Å². The predicted octanol–water partition coefficient (Wildman–Crippen LogP) is 2.57. The second-order valence-electron chi connectivity index (χ2n) is 4.08. The molecule has 3 unspecified atom stereocenters. The molecule has 3 atom stereocenters. The zero-order chi connectivity index (χ0) is 8.55. The van der Waals surface area contributed by atoms with Gasteiger partial charge in [-0.15, -0.1) is 0 Å². The van der Waals surface area contributed by atoms with Crippen LogP contribution in [0.15, 0.2) is 12.2 Å². The molecule has 2 aliphatic rings. The highest BCUT2D eigenvalue weighted by molar-refractivity contribution is 5.86. The van der Waals surface area contributed by atoms with E-state index >= 15 is 0 Å². The molecule has 2 aliphatic carbocycles. The monoisotopic (exact) mass is 164 g/mol. The molecule has 2 fully saturated rings. The lowest BCUT2D eigenvalue weighted by Gasteiger charge is -2.18. The standard InChI is InChI=1S/C11H16O/c1-2-3-4-10-8-5-6-9(7-8)11(10)12/h2-3,8-10H,4-7H2,1H3/b3-2+. The van der Waals surface area contributed by atoms with Crippen molar-refractivity contribution in [2.75, 3.05) is 0 Å². The number of rotatable bonds is 2. The van der Waals surface area contributed by atoms with Gasteiger partial charge >= 0.3 is 0 Å². The first-order chi connectivity index (χ1) is 5.83. The largest absolute Gasteiger partial charge is 0.299 e. The Labute approximate surface area is 73.8 Å². The Morgan fingerprint density at radius 1 is 1.50 bits per heavy atom. The third-order valence-corrected chi connectivity index (χ3v) is 3.44. The number of Topliss-reactive ketones (excluding diaryl/α,β-unsaturated/α-hetero) is 1. The summed E-state index contributed by atoms with van der Waals surface area (Å²) in [7, 11) is 0. The number of carbonyl (C=O) groups excluding carboxylic acids is 1. The highest BCUT2D eigenvalue weighted by Crippen LogP contribution is 2.47. The summed E-state index contributed by atoms with van der Waals surface area (Å²) in [5, 5.41) is 0. The van der Waals surface area contributed by atoms with Gasteiger partial charge in [0.05, 0.1) is 0 Å². The van der Waals surface area contributed by atoms with Crippen molar-refractivity contribution in [1.29, 1.82) is 0 Å². The van der Waals surface area contributed by atoms with Crippen molar-refractivity contribution in [2.45, 2.75) is 32.6 Å². The van der Waals surface area contributed by atoms with Crippen molar-refractivity contribution in [3.8, 4) is 0 Å². The third-order valence-electron chi connectivity index (χ3n) is 3.44. The van der Waals surface area contributed by atoms with Gasteiger partial charge in [-0.05, 0) is 38.5 Å². The van der Waals surface area contributed by atoms with E-state index in [0.29, 0.717) is 17.6 Å². The molecule has 0 radical (unpaired) electrons. The lowest BCUT2D eigenvalue weighted by molar-refractivity contribution is -0.125. The predicted molar refractivity (Wildman–Crippen MR) is 48.8 cm³/mol. The Balaban J connectivity index is 2.02. The fourth-order valence-corrected chi connectivity index (χ4v) is 2.77. The Kier molecular flexibility index (Phi) is 2.03. The van der Waals surface area contributed by atoms with Crippen LogP contribution in [0, 0.1) is 17.8 Å². The van der Waals surface area contributed by atoms with Crippen LogP contribution in [0.4, 0.5) is 0 Å². The van der Waals surface area contributed by atoms with Gasteiger partial charge in [0.25, 0.3) is 0 Å². The van der Waals surface area contributed by atoms with Crippen LogP contribution in [0.3, 0.4) is 0 Å². The average molecular weight is 164 g/mol. The summed E-state index contributed by atoms with van der Waals surface area (Å²) >= 11 is 0. The number of carbonyl (C=O) groups is 1. The molecule has 2 saturated carbocycles. The molecular formula is C11H16O. The molecule has 0 saturated heterocycles. The summed E-state index contributed by atoms with van der Waals surface area (Å²) in [6.45, 7) is 2.03. The van der Waals surface area contributed by atoms with Gasteiger partial charge in [-0.2, -0.15) is 0 Å². The fourth-order valence-electron chi connectivity index (χ4n) is 2.77. The molecule has 66 valence electrons. The van der Waals surface area contributed by atoms with E-state index in [1.165, 1.54) is 19.3 Å². The second-order valence-corrected chi connectivity index (χ2v) is 4.08. The first kappa shape index (κ1) is 8.03. The van der Waals surface area contributed by atoms with Gasteiger partial charge in [0.1, 0.15) is 5.78 Å². The molecule has 0 aromatic heterocycles. The smallest absolute Gasteiger partial charge is 0.139 e. The van der Waals surface area contributed by atoms with Crippen LogP contribution in [-0.4, -0.2) is 5.78 Å². The number of ketones is 1. The molecule has 0 spiro atoms. The maximum Gasteiger partial charge on any atom is 0.139 e. The van der Waals surface area contributed by atoms with Crippen LogP contribution in [0.1, 0.15) is 32.6 Å². The van der Waals surface area contributed by atoms with E-state index in [2.05, 4.69) is 12.2 Å². The number of hydrogen-bond acceptors (Lipinski definition) is 1. The Bertz CT molecular complexity index is 217. The van der Waals surface area contributed by atoms with Crippen molar-refractivity contribution < 1.29 is 4.79 Å². The van der Waals surface area contributed by atoms with Crippen molar-refractivity contribution in [3.63, 3.8) is 0 Å². The molecule has 0 aliphatic heterocycles. The Morgan fingerprint density at radius 2 is 2.33 bits per heavy atom. The van der Waals surface area contributed by atoms with Crippen molar-refractivity contribution >= 4 is 5.78 Å². The summed E-state index contributed by atoms with van der Waals surface area (Å²) in [6, 6.07) is 0. The van der Waals surface area contributed by atoms with Crippen LogP contribution in [0.2, 0.25) is 0 Å².